The van der Waals surface area contributed by atoms with Gasteiger partial charge in [0, 0.05) is 40.2 Å². The first-order chi connectivity index (χ1) is 9.74. The van der Waals surface area contributed by atoms with Crippen molar-refractivity contribution in [2.24, 2.45) is 0 Å². The number of carbonyl (C=O) groups is 1. The van der Waals surface area contributed by atoms with Crippen molar-refractivity contribution in [1.82, 2.24) is 4.98 Å². The molecule has 1 aliphatic rings. The minimum absolute atomic E-state index is 0.198. The summed E-state index contributed by atoms with van der Waals surface area (Å²) < 4.78 is 6.68. The van der Waals surface area contributed by atoms with Crippen molar-refractivity contribution in [2.75, 3.05) is 6.61 Å². The maximum absolute atomic E-state index is 12.4. The van der Waals surface area contributed by atoms with E-state index < -0.39 is 0 Å². The molecule has 0 radical (unpaired) electrons. The third-order valence-corrected chi connectivity index (χ3v) is 4.40. The monoisotopic (exact) mass is 335 g/mol. The Hall–Kier alpha value is -1.13. The van der Waals surface area contributed by atoms with Crippen LogP contribution in [0, 0.1) is 0 Å². The topological polar surface area (TPSA) is 42.1 Å². The van der Waals surface area contributed by atoms with Crippen LogP contribution in [0.4, 0.5) is 0 Å². The van der Waals surface area contributed by atoms with Crippen LogP contribution >= 0.6 is 15.9 Å². The molecule has 1 aliphatic heterocycles. The van der Waals surface area contributed by atoms with Gasteiger partial charge in [0.2, 0.25) is 0 Å². The van der Waals surface area contributed by atoms with E-state index >= 15 is 0 Å². The molecular formula is C16H18BrNO2. The van der Waals surface area contributed by atoms with Gasteiger partial charge >= 0.3 is 0 Å². The standard InChI is InChI=1S/C16H18BrNO2/c17-11-4-6-15-13(9-11)14(10-18-15)16(19)7-5-12-3-1-2-8-20-12/h4,6,9-10,12,18H,1-3,5,7-8H2. The van der Waals surface area contributed by atoms with Gasteiger partial charge in [0.05, 0.1) is 6.10 Å². The molecule has 3 rings (SSSR count). The Morgan fingerprint density at radius 2 is 2.30 bits per heavy atom. The predicted octanol–water partition coefficient (Wildman–Crippen LogP) is 4.46. The van der Waals surface area contributed by atoms with E-state index in [9.17, 15) is 4.79 Å². The predicted molar refractivity (Wildman–Crippen MR) is 83.2 cm³/mol. The molecule has 106 valence electrons. The average Bonchev–Trinajstić information content (AvgIpc) is 2.89. The molecule has 1 unspecified atom stereocenters. The molecule has 1 fully saturated rings. The van der Waals surface area contributed by atoms with Crippen LogP contribution in [0.5, 0.6) is 0 Å². The minimum Gasteiger partial charge on any atom is -0.378 e. The third kappa shape index (κ3) is 2.96. The van der Waals surface area contributed by atoms with Crippen molar-refractivity contribution < 1.29 is 9.53 Å². The van der Waals surface area contributed by atoms with E-state index in [1.807, 2.05) is 24.4 Å². The molecule has 0 spiro atoms. The third-order valence-electron chi connectivity index (χ3n) is 3.91. The quantitative estimate of drug-likeness (QED) is 0.838. The molecule has 20 heavy (non-hydrogen) atoms. The second-order valence-corrected chi connectivity index (χ2v) is 6.26. The van der Waals surface area contributed by atoms with Gasteiger partial charge in [-0.2, -0.15) is 0 Å². The van der Waals surface area contributed by atoms with Crippen LogP contribution in [0.25, 0.3) is 10.9 Å². The summed E-state index contributed by atoms with van der Waals surface area (Å²) in [5.74, 6) is 0.198. The molecule has 2 heterocycles. The first kappa shape index (κ1) is 13.8. The molecule has 0 aliphatic carbocycles. The van der Waals surface area contributed by atoms with Crippen molar-refractivity contribution in [1.29, 1.82) is 0 Å². The van der Waals surface area contributed by atoms with Crippen molar-refractivity contribution in [3.8, 4) is 0 Å². The molecule has 1 N–H and O–H groups in total. The Bertz CT molecular complexity index is 614. The second kappa shape index (κ2) is 6.10. The normalized spacial score (nSPS) is 19.4. The average molecular weight is 336 g/mol. The van der Waals surface area contributed by atoms with Crippen LogP contribution in [0.1, 0.15) is 42.5 Å². The fourth-order valence-electron chi connectivity index (χ4n) is 2.79. The zero-order valence-electron chi connectivity index (χ0n) is 11.3. The number of halogens is 1. The van der Waals surface area contributed by atoms with Gasteiger partial charge in [-0.15, -0.1) is 0 Å². The maximum Gasteiger partial charge on any atom is 0.165 e. The van der Waals surface area contributed by atoms with Crippen molar-refractivity contribution in [3.05, 3.63) is 34.4 Å². The molecule has 2 aromatic rings. The van der Waals surface area contributed by atoms with E-state index in [-0.39, 0.29) is 11.9 Å². The van der Waals surface area contributed by atoms with Gasteiger partial charge in [0.1, 0.15) is 0 Å². The highest BCUT2D eigenvalue weighted by molar-refractivity contribution is 9.10. The Morgan fingerprint density at radius 3 is 3.10 bits per heavy atom. The van der Waals surface area contributed by atoms with Crippen LogP contribution in [0.15, 0.2) is 28.9 Å². The number of fused-ring (bicyclic) bond motifs is 1. The number of ketones is 1. The van der Waals surface area contributed by atoms with Gasteiger partial charge in [-0.05, 0) is 43.9 Å². The van der Waals surface area contributed by atoms with Gasteiger partial charge in [-0.25, -0.2) is 0 Å². The number of aromatic nitrogens is 1. The van der Waals surface area contributed by atoms with Crippen LogP contribution in [0.3, 0.4) is 0 Å². The zero-order valence-corrected chi connectivity index (χ0v) is 12.9. The Labute approximate surface area is 126 Å². The van der Waals surface area contributed by atoms with Crippen molar-refractivity contribution >= 4 is 32.6 Å². The Kier molecular flexibility index (Phi) is 4.22. The lowest BCUT2D eigenvalue weighted by atomic mass is 10.00. The number of rotatable bonds is 4. The molecule has 0 amide bonds. The fraction of sp³-hybridized carbons (Fsp3) is 0.438. The number of aromatic amines is 1. The summed E-state index contributed by atoms with van der Waals surface area (Å²) in [7, 11) is 0. The van der Waals surface area contributed by atoms with E-state index in [0.29, 0.717) is 6.42 Å². The lowest BCUT2D eigenvalue weighted by molar-refractivity contribution is 0.0104. The molecule has 1 aromatic heterocycles. The molecular weight excluding hydrogens is 318 g/mol. The molecule has 0 saturated carbocycles. The highest BCUT2D eigenvalue weighted by Gasteiger charge is 2.17. The number of Topliss-reactive ketones (excluding diaryl/α,β-unsaturated/α-hetero) is 1. The summed E-state index contributed by atoms with van der Waals surface area (Å²) in [6.45, 7) is 0.846. The number of hydrogen-bond acceptors (Lipinski definition) is 2. The van der Waals surface area contributed by atoms with Crippen LogP contribution in [-0.2, 0) is 4.74 Å². The SMILES string of the molecule is O=C(CCC1CCCCO1)c1c[nH]c2ccc(Br)cc12. The summed E-state index contributed by atoms with van der Waals surface area (Å²) in [6, 6.07) is 5.96. The van der Waals surface area contributed by atoms with Crippen LogP contribution < -0.4 is 0 Å². The maximum atomic E-state index is 12.4. The molecule has 1 atom stereocenters. The van der Waals surface area contributed by atoms with E-state index in [4.69, 9.17) is 4.74 Å². The summed E-state index contributed by atoms with van der Waals surface area (Å²) >= 11 is 3.46. The number of carbonyl (C=O) groups excluding carboxylic acids is 1. The van der Waals surface area contributed by atoms with Gasteiger partial charge < -0.3 is 9.72 Å². The van der Waals surface area contributed by atoms with Crippen LogP contribution in [-0.4, -0.2) is 23.5 Å². The van der Waals surface area contributed by atoms with E-state index in [1.54, 1.807) is 0 Å². The van der Waals surface area contributed by atoms with Crippen molar-refractivity contribution in [2.45, 2.75) is 38.2 Å². The summed E-state index contributed by atoms with van der Waals surface area (Å²) in [5, 5.41) is 0.994. The number of H-pyrrole nitrogens is 1. The van der Waals surface area contributed by atoms with Crippen LogP contribution in [0.2, 0.25) is 0 Å². The van der Waals surface area contributed by atoms with E-state index in [2.05, 4.69) is 20.9 Å². The number of benzene rings is 1. The lowest BCUT2D eigenvalue weighted by Crippen LogP contribution is -2.19. The first-order valence-corrected chi connectivity index (χ1v) is 7.95. The Balaban J connectivity index is 1.70. The van der Waals surface area contributed by atoms with Gasteiger partial charge in [0.15, 0.2) is 5.78 Å². The van der Waals surface area contributed by atoms with E-state index in [0.717, 1.165) is 46.8 Å². The van der Waals surface area contributed by atoms with Crippen molar-refractivity contribution in [3.63, 3.8) is 0 Å². The number of hydrogen-bond donors (Lipinski definition) is 1. The lowest BCUT2D eigenvalue weighted by Gasteiger charge is -2.22. The summed E-state index contributed by atoms with van der Waals surface area (Å²) in [5.41, 5.74) is 1.79. The zero-order chi connectivity index (χ0) is 13.9. The smallest absolute Gasteiger partial charge is 0.165 e. The highest BCUT2D eigenvalue weighted by Crippen LogP contribution is 2.25. The minimum atomic E-state index is 0.198. The molecule has 4 heteroatoms. The highest BCUT2D eigenvalue weighted by atomic mass is 79.9. The van der Waals surface area contributed by atoms with Gasteiger partial charge in [0.25, 0.3) is 0 Å². The molecule has 3 nitrogen and oxygen atoms in total. The summed E-state index contributed by atoms with van der Waals surface area (Å²) in [4.78, 5) is 15.5. The molecule has 1 saturated heterocycles. The Morgan fingerprint density at radius 1 is 1.40 bits per heavy atom. The number of ether oxygens (including phenoxy) is 1. The fourth-order valence-corrected chi connectivity index (χ4v) is 3.15. The first-order valence-electron chi connectivity index (χ1n) is 7.15. The van der Waals surface area contributed by atoms with Gasteiger partial charge in [-0.3, -0.25) is 4.79 Å². The van der Waals surface area contributed by atoms with E-state index in [1.165, 1.54) is 6.42 Å². The second-order valence-electron chi connectivity index (χ2n) is 5.34. The molecule has 0 bridgehead atoms. The summed E-state index contributed by atoms with van der Waals surface area (Å²) in [6.07, 6.45) is 6.95. The number of nitrogens with one attached hydrogen (secondary N) is 1. The van der Waals surface area contributed by atoms with Gasteiger partial charge in [-0.1, -0.05) is 15.9 Å². The molecule has 1 aromatic carbocycles. The largest absolute Gasteiger partial charge is 0.378 e.